The Labute approximate surface area is 135 Å². The number of rotatable bonds is 5. The molecule has 0 spiro atoms. The molecule has 0 amide bonds. The summed E-state index contributed by atoms with van der Waals surface area (Å²) >= 11 is 0. The topological polar surface area (TPSA) is 65.9 Å². The molecule has 0 radical (unpaired) electrons. The number of methoxy groups -OCH3 is 4. The van der Waals surface area contributed by atoms with Crippen molar-refractivity contribution in [1.82, 2.24) is 9.97 Å². The van der Waals surface area contributed by atoms with Gasteiger partial charge in [0.25, 0.3) is 0 Å². The van der Waals surface area contributed by atoms with Crippen LogP contribution < -0.4 is 19.1 Å². The molecule has 0 saturated carbocycles. The lowest BCUT2D eigenvalue weighted by atomic mass is 10.1. The quantitative estimate of drug-likeness (QED) is 0.833. The molecule has 3 rings (SSSR count). The molecule has 1 atom stereocenters. The Morgan fingerprint density at radius 2 is 1.83 bits per heavy atom. The van der Waals surface area contributed by atoms with E-state index in [0.717, 1.165) is 30.7 Å². The van der Waals surface area contributed by atoms with Crippen molar-refractivity contribution in [3.05, 3.63) is 12.4 Å². The standard InChI is InChI=1S/C16H21N3O4/c1-20-10-5-6-19(8-10)16-11-7-12(21-2)14(22-3)15(23-4)13(11)17-9-18-16/h7,9-10H,5-6,8H2,1-4H3. The Hall–Kier alpha value is -2.28. The molecular formula is C16H21N3O4. The molecule has 1 unspecified atom stereocenters. The van der Waals surface area contributed by atoms with Gasteiger partial charge in [-0.15, -0.1) is 0 Å². The van der Waals surface area contributed by atoms with E-state index in [9.17, 15) is 0 Å². The Morgan fingerprint density at radius 1 is 1.04 bits per heavy atom. The zero-order valence-corrected chi connectivity index (χ0v) is 13.8. The number of aromatic nitrogens is 2. The van der Waals surface area contributed by atoms with Crippen molar-refractivity contribution < 1.29 is 18.9 Å². The summed E-state index contributed by atoms with van der Waals surface area (Å²) in [6.45, 7) is 1.69. The molecular weight excluding hydrogens is 298 g/mol. The van der Waals surface area contributed by atoms with Crippen LogP contribution in [0.25, 0.3) is 10.9 Å². The van der Waals surface area contributed by atoms with Crippen molar-refractivity contribution in [3.8, 4) is 17.2 Å². The highest BCUT2D eigenvalue weighted by Crippen LogP contribution is 2.44. The molecule has 0 aliphatic carbocycles. The van der Waals surface area contributed by atoms with E-state index < -0.39 is 0 Å². The summed E-state index contributed by atoms with van der Waals surface area (Å²) < 4.78 is 21.8. The highest BCUT2D eigenvalue weighted by molar-refractivity contribution is 5.97. The van der Waals surface area contributed by atoms with Gasteiger partial charge in [-0.2, -0.15) is 0 Å². The fourth-order valence-electron chi connectivity index (χ4n) is 3.02. The van der Waals surface area contributed by atoms with Gasteiger partial charge in [-0.1, -0.05) is 0 Å². The summed E-state index contributed by atoms with van der Waals surface area (Å²) in [4.78, 5) is 11.0. The van der Waals surface area contributed by atoms with Gasteiger partial charge in [0, 0.05) is 20.2 Å². The molecule has 0 bridgehead atoms. The maximum atomic E-state index is 5.51. The lowest BCUT2D eigenvalue weighted by molar-refractivity contribution is 0.121. The van der Waals surface area contributed by atoms with Crippen LogP contribution in [0.4, 0.5) is 5.82 Å². The molecule has 2 heterocycles. The third-order valence-electron chi connectivity index (χ3n) is 4.19. The number of benzene rings is 1. The number of hydrogen-bond acceptors (Lipinski definition) is 7. The van der Waals surface area contributed by atoms with Gasteiger partial charge >= 0.3 is 0 Å². The van der Waals surface area contributed by atoms with Gasteiger partial charge in [0.15, 0.2) is 11.5 Å². The van der Waals surface area contributed by atoms with Crippen molar-refractivity contribution >= 4 is 16.7 Å². The number of hydrogen-bond donors (Lipinski definition) is 0. The minimum Gasteiger partial charge on any atom is -0.493 e. The van der Waals surface area contributed by atoms with Crippen molar-refractivity contribution in [2.24, 2.45) is 0 Å². The van der Waals surface area contributed by atoms with Gasteiger partial charge in [-0.3, -0.25) is 0 Å². The highest BCUT2D eigenvalue weighted by atomic mass is 16.5. The van der Waals surface area contributed by atoms with Crippen molar-refractivity contribution in [2.45, 2.75) is 12.5 Å². The first-order valence-corrected chi connectivity index (χ1v) is 7.44. The Morgan fingerprint density at radius 3 is 2.43 bits per heavy atom. The molecule has 2 aromatic rings. The van der Waals surface area contributed by atoms with E-state index in [4.69, 9.17) is 18.9 Å². The first-order valence-electron chi connectivity index (χ1n) is 7.44. The smallest absolute Gasteiger partial charge is 0.205 e. The van der Waals surface area contributed by atoms with Crippen LogP contribution in [0.15, 0.2) is 12.4 Å². The number of fused-ring (bicyclic) bond motifs is 1. The van der Waals surface area contributed by atoms with Gasteiger partial charge in [-0.05, 0) is 12.5 Å². The molecule has 1 saturated heterocycles. The van der Waals surface area contributed by atoms with Gasteiger partial charge in [0.1, 0.15) is 17.7 Å². The summed E-state index contributed by atoms with van der Waals surface area (Å²) in [5.74, 6) is 2.53. The lowest BCUT2D eigenvalue weighted by Crippen LogP contribution is -2.23. The zero-order chi connectivity index (χ0) is 16.4. The molecule has 7 nitrogen and oxygen atoms in total. The van der Waals surface area contributed by atoms with E-state index >= 15 is 0 Å². The minimum atomic E-state index is 0.224. The van der Waals surface area contributed by atoms with Crippen LogP contribution in [-0.2, 0) is 4.74 Å². The maximum Gasteiger partial charge on any atom is 0.205 e. The number of nitrogens with zero attached hydrogens (tertiary/aromatic N) is 3. The first kappa shape index (κ1) is 15.6. The summed E-state index contributed by atoms with van der Waals surface area (Å²) in [6.07, 6.45) is 2.75. The predicted molar refractivity (Wildman–Crippen MR) is 86.8 cm³/mol. The van der Waals surface area contributed by atoms with Crippen molar-refractivity contribution in [2.75, 3.05) is 46.4 Å². The van der Waals surface area contributed by atoms with Crippen molar-refractivity contribution in [3.63, 3.8) is 0 Å². The molecule has 0 N–H and O–H groups in total. The summed E-state index contributed by atoms with van der Waals surface area (Å²) in [6, 6.07) is 1.89. The van der Waals surface area contributed by atoms with Crippen LogP contribution in [0.3, 0.4) is 0 Å². The van der Waals surface area contributed by atoms with Gasteiger partial charge in [0.2, 0.25) is 5.75 Å². The Kier molecular flexibility index (Phi) is 4.38. The summed E-state index contributed by atoms with van der Waals surface area (Å²) in [5, 5.41) is 0.874. The molecule has 23 heavy (non-hydrogen) atoms. The maximum absolute atomic E-state index is 5.51. The largest absolute Gasteiger partial charge is 0.493 e. The minimum absolute atomic E-state index is 0.224. The van der Waals surface area contributed by atoms with E-state index in [1.54, 1.807) is 34.8 Å². The van der Waals surface area contributed by atoms with Crippen LogP contribution in [-0.4, -0.2) is 57.6 Å². The molecule has 1 aliphatic rings. The molecule has 124 valence electrons. The highest BCUT2D eigenvalue weighted by Gasteiger charge is 2.27. The van der Waals surface area contributed by atoms with E-state index in [1.165, 1.54) is 0 Å². The molecule has 1 aliphatic heterocycles. The zero-order valence-electron chi connectivity index (χ0n) is 13.8. The lowest BCUT2D eigenvalue weighted by Gasteiger charge is -2.20. The number of anilines is 1. The second kappa shape index (κ2) is 6.45. The average molecular weight is 319 g/mol. The molecule has 1 aromatic heterocycles. The molecule has 7 heteroatoms. The second-order valence-electron chi connectivity index (χ2n) is 5.33. The average Bonchev–Trinajstić information content (AvgIpc) is 3.08. The normalized spacial score (nSPS) is 17.6. The van der Waals surface area contributed by atoms with Gasteiger partial charge in [-0.25, -0.2) is 9.97 Å². The summed E-state index contributed by atoms with van der Waals surface area (Å²) in [5.41, 5.74) is 0.705. The van der Waals surface area contributed by atoms with Crippen molar-refractivity contribution in [1.29, 1.82) is 0 Å². The third-order valence-corrected chi connectivity index (χ3v) is 4.19. The molecule has 1 fully saturated rings. The van der Waals surface area contributed by atoms with Crippen LogP contribution in [0, 0.1) is 0 Å². The molecule has 1 aromatic carbocycles. The fraction of sp³-hybridized carbons (Fsp3) is 0.500. The fourth-order valence-corrected chi connectivity index (χ4v) is 3.02. The second-order valence-corrected chi connectivity index (χ2v) is 5.33. The van der Waals surface area contributed by atoms with E-state index in [0.29, 0.717) is 22.8 Å². The predicted octanol–water partition coefficient (Wildman–Crippen LogP) is 1.88. The monoisotopic (exact) mass is 319 g/mol. The third kappa shape index (κ3) is 2.61. The Balaban J connectivity index is 2.17. The van der Waals surface area contributed by atoms with E-state index in [2.05, 4.69) is 14.9 Å². The number of ether oxygens (including phenoxy) is 4. The van der Waals surface area contributed by atoms with E-state index in [1.807, 2.05) is 6.07 Å². The van der Waals surface area contributed by atoms with Crippen LogP contribution in [0.2, 0.25) is 0 Å². The van der Waals surface area contributed by atoms with Gasteiger partial charge < -0.3 is 23.8 Å². The Bertz CT molecular complexity index is 707. The first-order chi connectivity index (χ1) is 11.2. The van der Waals surface area contributed by atoms with E-state index in [-0.39, 0.29) is 6.10 Å². The van der Waals surface area contributed by atoms with Crippen LogP contribution >= 0.6 is 0 Å². The SMILES string of the molecule is COc1cc2c(N3CCC(OC)C3)ncnc2c(OC)c1OC. The van der Waals surface area contributed by atoms with Crippen LogP contribution in [0.5, 0.6) is 17.2 Å². The summed E-state index contributed by atoms with van der Waals surface area (Å²) in [7, 11) is 6.51. The van der Waals surface area contributed by atoms with Crippen LogP contribution in [0.1, 0.15) is 6.42 Å². The van der Waals surface area contributed by atoms with Gasteiger partial charge in [0.05, 0.1) is 32.8 Å².